The van der Waals surface area contributed by atoms with Gasteiger partial charge in [0, 0.05) is 5.56 Å². The maximum absolute atomic E-state index is 12.3. The zero-order valence-electron chi connectivity index (χ0n) is 11.0. The molecule has 19 heavy (non-hydrogen) atoms. The van der Waals surface area contributed by atoms with Crippen molar-refractivity contribution in [1.29, 1.82) is 0 Å². The summed E-state index contributed by atoms with van der Waals surface area (Å²) in [5.74, 6) is 0.234. The average molecular weight is 256 g/mol. The van der Waals surface area contributed by atoms with E-state index in [4.69, 9.17) is 9.52 Å². The molecular weight excluding hydrogens is 240 g/mol. The van der Waals surface area contributed by atoms with Gasteiger partial charge in [0.15, 0.2) is 5.43 Å². The maximum Gasteiger partial charge on any atom is 0.196 e. The SMILES string of the molecule is C/C(O)=C\C=C/Cc1coc2ccc(C)cc2c1=O. The molecule has 0 saturated heterocycles. The predicted molar refractivity (Wildman–Crippen MR) is 76.5 cm³/mol. The molecule has 1 N–H and O–H groups in total. The summed E-state index contributed by atoms with van der Waals surface area (Å²) in [7, 11) is 0. The standard InChI is InChI=1S/C16H16O3/c1-11-7-8-15-14(9-11)16(18)13(10-19-15)6-4-3-5-12(2)17/h3-5,7-10,17H,6H2,1-2H3/b4-3-,12-5+. The molecule has 1 aromatic carbocycles. The number of aryl methyl sites for hydroxylation is 1. The molecule has 0 bridgehead atoms. The molecule has 3 heteroatoms. The minimum atomic E-state index is -0.000648. The Morgan fingerprint density at radius 1 is 1.42 bits per heavy atom. The molecule has 0 fully saturated rings. The lowest BCUT2D eigenvalue weighted by Crippen LogP contribution is -2.07. The highest BCUT2D eigenvalue weighted by atomic mass is 16.3. The molecule has 0 spiro atoms. The number of fused-ring (bicyclic) bond motifs is 1. The lowest BCUT2D eigenvalue weighted by atomic mass is 10.1. The third kappa shape index (κ3) is 3.13. The Balaban J connectivity index is 2.35. The van der Waals surface area contributed by atoms with Crippen LogP contribution in [0.2, 0.25) is 0 Å². The average Bonchev–Trinajstić information content (AvgIpc) is 2.37. The first-order valence-corrected chi connectivity index (χ1v) is 6.11. The van der Waals surface area contributed by atoms with Crippen LogP contribution in [0.1, 0.15) is 18.1 Å². The van der Waals surface area contributed by atoms with E-state index < -0.39 is 0 Å². The second-order valence-electron chi connectivity index (χ2n) is 4.53. The molecule has 1 aromatic heterocycles. The highest BCUT2D eigenvalue weighted by Crippen LogP contribution is 2.13. The minimum Gasteiger partial charge on any atom is -0.513 e. The van der Waals surface area contributed by atoms with E-state index in [2.05, 4.69) is 0 Å². The molecule has 0 saturated carbocycles. The molecule has 0 amide bonds. The topological polar surface area (TPSA) is 50.4 Å². The molecule has 0 atom stereocenters. The Morgan fingerprint density at radius 2 is 2.21 bits per heavy atom. The van der Waals surface area contributed by atoms with Crippen molar-refractivity contribution in [3.63, 3.8) is 0 Å². The van der Waals surface area contributed by atoms with Gasteiger partial charge < -0.3 is 9.52 Å². The van der Waals surface area contributed by atoms with Crippen LogP contribution in [0.15, 0.2) is 57.7 Å². The number of hydrogen-bond acceptors (Lipinski definition) is 3. The van der Waals surface area contributed by atoms with Crippen LogP contribution in [0, 0.1) is 6.92 Å². The number of aliphatic hydroxyl groups is 1. The number of allylic oxidation sites excluding steroid dienone is 4. The van der Waals surface area contributed by atoms with E-state index in [1.165, 1.54) is 6.26 Å². The molecule has 0 unspecified atom stereocenters. The van der Waals surface area contributed by atoms with Crippen LogP contribution >= 0.6 is 0 Å². The van der Waals surface area contributed by atoms with Crippen LogP contribution in [-0.4, -0.2) is 5.11 Å². The number of benzene rings is 1. The van der Waals surface area contributed by atoms with Crippen molar-refractivity contribution in [3.8, 4) is 0 Å². The van der Waals surface area contributed by atoms with Crippen LogP contribution in [0.3, 0.4) is 0 Å². The fourth-order valence-electron chi connectivity index (χ4n) is 1.83. The summed E-state index contributed by atoms with van der Waals surface area (Å²) in [6.07, 6.45) is 7.09. The first-order valence-electron chi connectivity index (χ1n) is 6.11. The molecular formula is C16H16O3. The number of rotatable bonds is 3. The van der Waals surface area contributed by atoms with Crippen molar-refractivity contribution < 1.29 is 9.52 Å². The van der Waals surface area contributed by atoms with Gasteiger partial charge in [0.05, 0.1) is 17.4 Å². The van der Waals surface area contributed by atoms with Crippen molar-refractivity contribution in [3.05, 3.63) is 69.8 Å². The lowest BCUT2D eigenvalue weighted by Gasteiger charge is -2.00. The summed E-state index contributed by atoms with van der Waals surface area (Å²) < 4.78 is 5.46. The fourth-order valence-corrected chi connectivity index (χ4v) is 1.83. The Kier molecular flexibility index (Phi) is 3.85. The largest absolute Gasteiger partial charge is 0.513 e. The molecule has 98 valence electrons. The Labute approximate surface area is 111 Å². The van der Waals surface area contributed by atoms with Crippen LogP contribution < -0.4 is 5.43 Å². The van der Waals surface area contributed by atoms with Crippen molar-refractivity contribution in [2.24, 2.45) is 0 Å². The molecule has 0 aliphatic carbocycles. The molecule has 0 aliphatic rings. The van der Waals surface area contributed by atoms with E-state index in [0.29, 0.717) is 23.0 Å². The van der Waals surface area contributed by atoms with Gasteiger partial charge in [-0.25, -0.2) is 0 Å². The van der Waals surface area contributed by atoms with Gasteiger partial charge in [0.2, 0.25) is 0 Å². The molecule has 2 aromatic rings. The number of hydrogen-bond donors (Lipinski definition) is 1. The zero-order valence-corrected chi connectivity index (χ0v) is 11.0. The molecule has 1 heterocycles. The monoisotopic (exact) mass is 256 g/mol. The minimum absolute atomic E-state index is 0.000648. The zero-order chi connectivity index (χ0) is 13.8. The maximum atomic E-state index is 12.3. The van der Waals surface area contributed by atoms with Gasteiger partial charge in [0.1, 0.15) is 5.58 Å². The normalized spacial score (nSPS) is 12.4. The van der Waals surface area contributed by atoms with E-state index in [1.807, 2.05) is 31.2 Å². The van der Waals surface area contributed by atoms with Crippen molar-refractivity contribution in [2.75, 3.05) is 0 Å². The van der Waals surface area contributed by atoms with E-state index >= 15 is 0 Å². The van der Waals surface area contributed by atoms with Crippen molar-refractivity contribution in [1.82, 2.24) is 0 Å². The van der Waals surface area contributed by atoms with Crippen molar-refractivity contribution >= 4 is 11.0 Å². The number of aliphatic hydroxyl groups excluding tert-OH is 1. The van der Waals surface area contributed by atoms with Crippen LogP contribution in [0.4, 0.5) is 0 Å². The second-order valence-corrected chi connectivity index (χ2v) is 4.53. The summed E-state index contributed by atoms with van der Waals surface area (Å²) in [6, 6.07) is 5.56. The highest BCUT2D eigenvalue weighted by molar-refractivity contribution is 5.77. The van der Waals surface area contributed by atoms with Gasteiger partial charge in [-0.1, -0.05) is 23.8 Å². The van der Waals surface area contributed by atoms with Crippen molar-refractivity contribution in [2.45, 2.75) is 20.3 Å². The van der Waals surface area contributed by atoms with Crippen LogP contribution in [-0.2, 0) is 6.42 Å². The van der Waals surface area contributed by atoms with Gasteiger partial charge in [0.25, 0.3) is 0 Å². The first kappa shape index (κ1) is 13.1. The van der Waals surface area contributed by atoms with Crippen LogP contribution in [0.5, 0.6) is 0 Å². The molecule has 3 nitrogen and oxygen atoms in total. The van der Waals surface area contributed by atoms with Gasteiger partial charge in [-0.2, -0.15) is 0 Å². The smallest absolute Gasteiger partial charge is 0.196 e. The van der Waals surface area contributed by atoms with E-state index in [9.17, 15) is 4.79 Å². The van der Waals surface area contributed by atoms with Gasteiger partial charge in [-0.3, -0.25) is 4.79 Å². The lowest BCUT2D eigenvalue weighted by molar-refractivity contribution is 0.414. The van der Waals surface area contributed by atoms with Gasteiger partial charge in [-0.05, 0) is 38.5 Å². The summed E-state index contributed by atoms with van der Waals surface area (Å²) >= 11 is 0. The third-order valence-corrected chi connectivity index (χ3v) is 2.81. The summed E-state index contributed by atoms with van der Waals surface area (Å²) in [4.78, 5) is 12.3. The summed E-state index contributed by atoms with van der Waals surface area (Å²) in [5.41, 5.74) is 2.25. The Hall–Kier alpha value is -2.29. The van der Waals surface area contributed by atoms with E-state index in [-0.39, 0.29) is 11.2 Å². The first-order chi connectivity index (χ1) is 9.08. The quantitative estimate of drug-likeness (QED) is 0.673. The predicted octanol–water partition coefficient (Wildman–Crippen LogP) is 3.66. The second kappa shape index (κ2) is 5.57. The molecule has 0 radical (unpaired) electrons. The molecule has 0 aliphatic heterocycles. The summed E-state index contributed by atoms with van der Waals surface area (Å²) in [5, 5.41) is 9.62. The van der Waals surface area contributed by atoms with E-state index in [0.717, 1.165) is 5.56 Å². The third-order valence-electron chi connectivity index (χ3n) is 2.81. The van der Waals surface area contributed by atoms with Gasteiger partial charge >= 0.3 is 0 Å². The highest BCUT2D eigenvalue weighted by Gasteiger charge is 2.05. The Morgan fingerprint density at radius 3 is 2.95 bits per heavy atom. The van der Waals surface area contributed by atoms with Crippen LogP contribution in [0.25, 0.3) is 11.0 Å². The fraction of sp³-hybridized carbons (Fsp3) is 0.188. The Bertz CT molecular complexity index is 701. The summed E-state index contributed by atoms with van der Waals surface area (Å²) in [6.45, 7) is 3.54. The van der Waals surface area contributed by atoms with E-state index in [1.54, 1.807) is 19.1 Å². The van der Waals surface area contributed by atoms with Gasteiger partial charge in [-0.15, -0.1) is 0 Å². The molecule has 2 rings (SSSR count).